The summed E-state index contributed by atoms with van der Waals surface area (Å²) < 4.78 is 22.5. The zero-order chi connectivity index (χ0) is 19.3. The molecule has 0 aliphatic carbocycles. The summed E-state index contributed by atoms with van der Waals surface area (Å²) in [6.07, 6.45) is 4.99. The summed E-state index contributed by atoms with van der Waals surface area (Å²) in [5.41, 5.74) is 1.98. The highest BCUT2D eigenvalue weighted by Crippen LogP contribution is 2.25. The highest BCUT2D eigenvalue weighted by Gasteiger charge is 2.24. The molecular formula is C21H29N3O4. The van der Waals surface area contributed by atoms with Gasteiger partial charge in [0.05, 0.1) is 32.5 Å². The second-order valence-electron chi connectivity index (χ2n) is 7.64. The number of aromatic nitrogens is 2. The van der Waals surface area contributed by atoms with Gasteiger partial charge < -0.3 is 18.7 Å². The van der Waals surface area contributed by atoms with E-state index in [1.54, 1.807) is 7.11 Å². The molecule has 0 saturated carbocycles. The van der Waals surface area contributed by atoms with Crippen LogP contribution in [0.2, 0.25) is 0 Å². The molecule has 2 fully saturated rings. The summed E-state index contributed by atoms with van der Waals surface area (Å²) in [6.45, 7) is 6.26. The minimum atomic E-state index is 0.301. The topological polar surface area (TPSA) is 69.9 Å². The van der Waals surface area contributed by atoms with Gasteiger partial charge in [0.2, 0.25) is 11.7 Å². The molecule has 1 unspecified atom stereocenters. The molecule has 7 nitrogen and oxygen atoms in total. The molecule has 2 aromatic rings. The van der Waals surface area contributed by atoms with E-state index >= 15 is 0 Å². The first-order valence-electron chi connectivity index (χ1n) is 10.1. The number of ether oxygens (including phenoxy) is 3. The van der Waals surface area contributed by atoms with Gasteiger partial charge >= 0.3 is 0 Å². The maximum absolute atomic E-state index is 6.04. The van der Waals surface area contributed by atoms with E-state index in [2.05, 4.69) is 15.0 Å². The van der Waals surface area contributed by atoms with Crippen LogP contribution in [0.1, 0.15) is 37.1 Å². The van der Waals surface area contributed by atoms with Crippen LogP contribution in [0.4, 0.5) is 0 Å². The predicted molar refractivity (Wildman–Crippen MR) is 104 cm³/mol. The van der Waals surface area contributed by atoms with Gasteiger partial charge in [-0.1, -0.05) is 17.3 Å². The van der Waals surface area contributed by atoms with Gasteiger partial charge in [-0.25, -0.2) is 0 Å². The Balaban J connectivity index is 1.26. The van der Waals surface area contributed by atoms with E-state index in [-0.39, 0.29) is 0 Å². The van der Waals surface area contributed by atoms with E-state index in [9.17, 15) is 0 Å². The van der Waals surface area contributed by atoms with Crippen LogP contribution in [0.25, 0.3) is 11.4 Å². The molecule has 2 aliphatic rings. The first-order chi connectivity index (χ1) is 13.7. The Labute approximate surface area is 166 Å². The standard InChI is InChI=1S/C21H29N3O4/c1-15-5-6-16(12-19(15)25-2)21-22-20(28-23-21)13-24-9-7-17(8-10-24)27-14-18-4-3-11-26-18/h5-6,12,17-18H,3-4,7-11,13-14H2,1-2H3. The number of aryl methyl sites for hydroxylation is 1. The molecule has 0 amide bonds. The van der Waals surface area contributed by atoms with Crippen molar-refractivity contribution in [3.63, 3.8) is 0 Å². The zero-order valence-electron chi connectivity index (χ0n) is 16.7. The summed E-state index contributed by atoms with van der Waals surface area (Å²) in [5, 5.41) is 4.14. The summed E-state index contributed by atoms with van der Waals surface area (Å²) in [5.74, 6) is 2.07. The number of benzene rings is 1. The van der Waals surface area contributed by atoms with E-state index in [4.69, 9.17) is 18.7 Å². The van der Waals surface area contributed by atoms with Crippen LogP contribution in [0.3, 0.4) is 0 Å². The van der Waals surface area contributed by atoms with Crippen LogP contribution in [0, 0.1) is 6.92 Å². The number of hydrogen-bond acceptors (Lipinski definition) is 7. The number of nitrogens with zero attached hydrogens (tertiary/aromatic N) is 3. The van der Waals surface area contributed by atoms with Crippen molar-refractivity contribution in [1.82, 2.24) is 15.0 Å². The number of likely N-dealkylation sites (tertiary alicyclic amines) is 1. The average Bonchev–Trinajstić information content (AvgIpc) is 3.40. The van der Waals surface area contributed by atoms with Crippen molar-refractivity contribution in [2.45, 2.75) is 51.4 Å². The second kappa shape index (κ2) is 9.03. The highest BCUT2D eigenvalue weighted by atomic mass is 16.5. The number of rotatable bonds is 7. The quantitative estimate of drug-likeness (QED) is 0.722. The van der Waals surface area contributed by atoms with Gasteiger partial charge in [-0.15, -0.1) is 0 Å². The van der Waals surface area contributed by atoms with Gasteiger partial charge in [0.25, 0.3) is 0 Å². The molecule has 2 aliphatic heterocycles. The molecule has 0 bridgehead atoms. The van der Waals surface area contributed by atoms with Crippen molar-refractivity contribution in [2.75, 3.05) is 33.4 Å². The first kappa shape index (κ1) is 19.4. The molecule has 0 radical (unpaired) electrons. The lowest BCUT2D eigenvalue weighted by Gasteiger charge is -2.31. The largest absolute Gasteiger partial charge is 0.496 e. The molecule has 2 saturated heterocycles. The van der Waals surface area contributed by atoms with Crippen LogP contribution < -0.4 is 4.74 Å². The van der Waals surface area contributed by atoms with E-state index in [0.29, 0.717) is 30.5 Å². The molecular weight excluding hydrogens is 358 g/mol. The normalized spacial score (nSPS) is 21.3. The molecule has 7 heteroatoms. The van der Waals surface area contributed by atoms with Crippen LogP contribution in [-0.4, -0.2) is 60.7 Å². The zero-order valence-corrected chi connectivity index (χ0v) is 16.7. The fourth-order valence-corrected chi connectivity index (χ4v) is 3.84. The second-order valence-corrected chi connectivity index (χ2v) is 7.64. The molecule has 0 N–H and O–H groups in total. The number of methoxy groups -OCH3 is 1. The first-order valence-corrected chi connectivity index (χ1v) is 10.1. The molecule has 0 spiro atoms. The van der Waals surface area contributed by atoms with Crippen LogP contribution in [0.15, 0.2) is 22.7 Å². The molecule has 1 aromatic carbocycles. The Morgan fingerprint density at radius 2 is 2.07 bits per heavy atom. The third-order valence-electron chi connectivity index (χ3n) is 5.57. The van der Waals surface area contributed by atoms with Gasteiger partial charge in [0, 0.05) is 25.3 Å². The minimum absolute atomic E-state index is 0.301. The van der Waals surface area contributed by atoms with Gasteiger partial charge in [0.15, 0.2) is 0 Å². The Morgan fingerprint density at radius 3 is 2.82 bits per heavy atom. The third kappa shape index (κ3) is 4.71. The van der Waals surface area contributed by atoms with Gasteiger partial charge in [-0.2, -0.15) is 4.98 Å². The number of piperidine rings is 1. The summed E-state index contributed by atoms with van der Waals surface area (Å²) in [6, 6.07) is 5.94. The molecule has 28 heavy (non-hydrogen) atoms. The van der Waals surface area contributed by atoms with Gasteiger partial charge in [-0.3, -0.25) is 4.90 Å². The Morgan fingerprint density at radius 1 is 1.21 bits per heavy atom. The molecule has 3 heterocycles. The van der Waals surface area contributed by atoms with Crippen molar-refractivity contribution >= 4 is 0 Å². The van der Waals surface area contributed by atoms with Crippen LogP contribution in [-0.2, 0) is 16.0 Å². The van der Waals surface area contributed by atoms with E-state index in [1.807, 2.05) is 25.1 Å². The van der Waals surface area contributed by atoms with Crippen molar-refractivity contribution in [3.05, 3.63) is 29.7 Å². The maximum Gasteiger partial charge on any atom is 0.241 e. The van der Waals surface area contributed by atoms with Crippen molar-refractivity contribution in [2.24, 2.45) is 0 Å². The summed E-state index contributed by atoms with van der Waals surface area (Å²) in [4.78, 5) is 6.91. The Bertz CT molecular complexity index is 765. The van der Waals surface area contributed by atoms with Crippen LogP contribution >= 0.6 is 0 Å². The SMILES string of the molecule is COc1cc(-c2noc(CN3CCC(OCC4CCCO4)CC3)n2)ccc1C. The summed E-state index contributed by atoms with van der Waals surface area (Å²) >= 11 is 0. The van der Waals surface area contributed by atoms with Gasteiger partial charge in [-0.05, 0) is 44.2 Å². The molecule has 1 aromatic heterocycles. The van der Waals surface area contributed by atoms with Crippen LogP contribution in [0.5, 0.6) is 5.75 Å². The highest BCUT2D eigenvalue weighted by molar-refractivity contribution is 5.58. The lowest BCUT2D eigenvalue weighted by Crippen LogP contribution is -2.37. The Kier molecular flexibility index (Phi) is 6.24. The molecule has 4 rings (SSSR count). The van der Waals surface area contributed by atoms with Crippen molar-refractivity contribution < 1.29 is 18.7 Å². The minimum Gasteiger partial charge on any atom is -0.496 e. The lowest BCUT2D eigenvalue weighted by molar-refractivity contribution is -0.0433. The van der Waals surface area contributed by atoms with E-state index < -0.39 is 0 Å². The van der Waals surface area contributed by atoms with Gasteiger partial charge in [0.1, 0.15) is 5.75 Å². The fourth-order valence-electron chi connectivity index (χ4n) is 3.84. The third-order valence-corrected chi connectivity index (χ3v) is 5.57. The molecule has 152 valence electrons. The fraction of sp³-hybridized carbons (Fsp3) is 0.619. The average molecular weight is 387 g/mol. The number of hydrogen-bond donors (Lipinski definition) is 0. The van der Waals surface area contributed by atoms with Crippen molar-refractivity contribution in [1.29, 1.82) is 0 Å². The summed E-state index contributed by atoms with van der Waals surface area (Å²) in [7, 11) is 1.67. The predicted octanol–water partition coefficient (Wildman–Crippen LogP) is 3.21. The lowest BCUT2D eigenvalue weighted by atomic mass is 10.1. The van der Waals surface area contributed by atoms with E-state index in [0.717, 1.165) is 68.9 Å². The Hall–Kier alpha value is -1.96. The van der Waals surface area contributed by atoms with E-state index in [1.165, 1.54) is 0 Å². The molecule has 1 atom stereocenters. The maximum atomic E-state index is 6.04. The monoisotopic (exact) mass is 387 g/mol. The van der Waals surface area contributed by atoms with Crippen molar-refractivity contribution in [3.8, 4) is 17.1 Å². The smallest absolute Gasteiger partial charge is 0.241 e.